The van der Waals surface area contributed by atoms with E-state index in [1.54, 1.807) is 12.4 Å². The molecule has 0 saturated carbocycles. The van der Waals surface area contributed by atoms with Crippen LogP contribution in [-0.2, 0) is 13.1 Å². The number of likely N-dealkylation sites (tertiary alicyclic amines) is 1. The van der Waals surface area contributed by atoms with E-state index in [-0.39, 0.29) is 6.03 Å². The van der Waals surface area contributed by atoms with Gasteiger partial charge in [-0.25, -0.2) is 14.8 Å². The molecule has 0 radical (unpaired) electrons. The number of carbonyl (C=O) groups excluding carboxylic acids is 1. The first-order chi connectivity index (χ1) is 13.7. The van der Waals surface area contributed by atoms with Crippen molar-refractivity contribution < 1.29 is 4.79 Å². The highest BCUT2D eigenvalue weighted by Crippen LogP contribution is 2.19. The van der Waals surface area contributed by atoms with Crippen LogP contribution in [0.4, 0.5) is 4.79 Å². The van der Waals surface area contributed by atoms with Crippen LogP contribution < -0.4 is 5.32 Å². The number of imidazole rings is 2. The smallest absolute Gasteiger partial charge is 0.317 e. The third-order valence-corrected chi connectivity index (χ3v) is 5.34. The molecule has 1 atom stereocenters. The van der Waals surface area contributed by atoms with Gasteiger partial charge in [0.15, 0.2) is 0 Å². The average molecular weight is 378 g/mol. The molecule has 7 heteroatoms. The third-order valence-electron chi connectivity index (χ3n) is 5.34. The van der Waals surface area contributed by atoms with E-state index >= 15 is 0 Å². The molecule has 0 bridgehead atoms. The standard InChI is InChI=1S/C21H26N6O/c1-17-23-9-12-27(17)20-7-3-2-6-19(20)13-24-21(28)26-10-4-5-18(15-26)14-25-11-8-22-16-25/h2-3,6-9,11-12,16,18H,4-5,10,13-15H2,1H3,(H,24,28)/t18-/m1/s1. The quantitative estimate of drug-likeness (QED) is 0.742. The number of piperidine rings is 1. The minimum absolute atomic E-state index is 0.00693. The van der Waals surface area contributed by atoms with Crippen molar-refractivity contribution in [2.24, 2.45) is 5.92 Å². The fourth-order valence-electron chi connectivity index (χ4n) is 3.90. The lowest BCUT2D eigenvalue weighted by Gasteiger charge is -2.33. The van der Waals surface area contributed by atoms with Crippen molar-refractivity contribution in [3.05, 3.63) is 66.8 Å². The van der Waals surface area contributed by atoms with E-state index in [9.17, 15) is 4.79 Å². The first kappa shape index (κ1) is 18.3. The van der Waals surface area contributed by atoms with E-state index in [1.807, 2.05) is 53.3 Å². The fourth-order valence-corrected chi connectivity index (χ4v) is 3.90. The zero-order valence-corrected chi connectivity index (χ0v) is 16.2. The number of hydrogen-bond donors (Lipinski definition) is 1. The monoisotopic (exact) mass is 378 g/mol. The SMILES string of the molecule is Cc1nccn1-c1ccccc1CNC(=O)N1CCC[C@H](Cn2ccnc2)C1. The molecule has 146 valence electrons. The number of amides is 2. The van der Waals surface area contributed by atoms with Crippen molar-refractivity contribution >= 4 is 6.03 Å². The Hall–Kier alpha value is -3.09. The van der Waals surface area contributed by atoms with E-state index < -0.39 is 0 Å². The maximum Gasteiger partial charge on any atom is 0.317 e. The van der Waals surface area contributed by atoms with Crippen molar-refractivity contribution in [1.82, 2.24) is 29.3 Å². The lowest BCUT2D eigenvalue weighted by molar-refractivity contribution is 0.159. The topological polar surface area (TPSA) is 68.0 Å². The van der Waals surface area contributed by atoms with Gasteiger partial charge in [-0.2, -0.15) is 0 Å². The second kappa shape index (κ2) is 8.29. The molecule has 3 heterocycles. The van der Waals surface area contributed by atoms with Crippen molar-refractivity contribution in [3.8, 4) is 5.69 Å². The largest absolute Gasteiger partial charge is 0.337 e. The molecule has 2 amide bonds. The molecule has 2 aromatic heterocycles. The number of aromatic nitrogens is 4. The van der Waals surface area contributed by atoms with E-state index in [1.165, 1.54) is 0 Å². The zero-order valence-electron chi connectivity index (χ0n) is 16.2. The van der Waals surface area contributed by atoms with Gasteiger partial charge in [0.1, 0.15) is 5.82 Å². The normalized spacial score (nSPS) is 16.9. The van der Waals surface area contributed by atoms with E-state index in [0.717, 1.165) is 49.6 Å². The van der Waals surface area contributed by atoms with Gasteiger partial charge in [-0.1, -0.05) is 18.2 Å². The van der Waals surface area contributed by atoms with Crippen molar-refractivity contribution in [1.29, 1.82) is 0 Å². The van der Waals surface area contributed by atoms with Crippen molar-refractivity contribution in [2.45, 2.75) is 32.9 Å². The highest BCUT2D eigenvalue weighted by Gasteiger charge is 2.24. The number of benzene rings is 1. The number of carbonyl (C=O) groups is 1. The summed E-state index contributed by atoms with van der Waals surface area (Å²) in [5, 5.41) is 3.10. The Kier molecular flexibility index (Phi) is 5.41. The van der Waals surface area contributed by atoms with Gasteiger partial charge < -0.3 is 19.4 Å². The summed E-state index contributed by atoms with van der Waals surface area (Å²) in [6, 6.07) is 8.11. The van der Waals surface area contributed by atoms with Gasteiger partial charge in [0.05, 0.1) is 12.0 Å². The summed E-state index contributed by atoms with van der Waals surface area (Å²) in [6.07, 6.45) is 11.5. The Balaban J connectivity index is 1.38. The van der Waals surface area contributed by atoms with Crippen molar-refractivity contribution in [2.75, 3.05) is 13.1 Å². The molecule has 1 fully saturated rings. The van der Waals surface area contributed by atoms with Crippen LogP contribution in [0.5, 0.6) is 0 Å². The lowest BCUT2D eigenvalue weighted by atomic mass is 9.98. The van der Waals surface area contributed by atoms with Gasteiger partial charge in [-0.05, 0) is 37.3 Å². The minimum atomic E-state index is 0.00693. The molecule has 1 saturated heterocycles. The zero-order chi connectivity index (χ0) is 19.3. The number of hydrogen-bond acceptors (Lipinski definition) is 3. The van der Waals surface area contributed by atoms with Gasteiger partial charge in [0.25, 0.3) is 0 Å². The predicted octanol–water partition coefficient (Wildman–Crippen LogP) is 3.00. The molecule has 1 aliphatic rings. The van der Waals surface area contributed by atoms with E-state index in [0.29, 0.717) is 12.5 Å². The fraction of sp³-hybridized carbons (Fsp3) is 0.381. The molecular formula is C21H26N6O. The van der Waals surface area contributed by atoms with Crippen LogP contribution in [0.2, 0.25) is 0 Å². The van der Waals surface area contributed by atoms with Gasteiger partial charge in [0, 0.05) is 51.0 Å². The Morgan fingerprint density at radius 1 is 1.25 bits per heavy atom. The maximum absolute atomic E-state index is 12.8. The highest BCUT2D eigenvalue weighted by atomic mass is 16.2. The first-order valence-electron chi connectivity index (χ1n) is 9.77. The van der Waals surface area contributed by atoms with Crippen LogP contribution in [0.3, 0.4) is 0 Å². The van der Waals surface area contributed by atoms with Gasteiger partial charge in [0.2, 0.25) is 0 Å². The molecule has 7 nitrogen and oxygen atoms in total. The summed E-state index contributed by atoms with van der Waals surface area (Å²) >= 11 is 0. The lowest BCUT2D eigenvalue weighted by Crippen LogP contribution is -2.46. The number of nitrogens with one attached hydrogen (secondary N) is 1. The summed E-state index contributed by atoms with van der Waals surface area (Å²) < 4.78 is 4.14. The summed E-state index contributed by atoms with van der Waals surface area (Å²) in [7, 11) is 0. The molecule has 1 N–H and O–H groups in total. The molecule has 0 unspecified atom stereocenters. The Morgan fingerprint density at radius 3 is 2.93 bits per heavy atom. The molecule has 1 aromatic carbocycles. The van der Waals surface area contributed by atoms with Crippen LogP contribution in [0.15, 0.2) is 55.4 Å². The molecule has 0 aliphatic carbocycles. The number of nitrogens with zero attached hydrogens (tertiary/aromatic N) is 5. The Morgan fingerprint density at radius 2 is 2.14 bits per heavy atom. The predicted molar refractivity (Wildman–Crippen MR) is 107 cm³/mol. The Labute approximate surface area is 165 Å². The number of rotatable bonds is 5. The van der Waals surface area contributed by atoms with E-state index in [2.05, 4.69) is 25.9 Å². The second-order valence-electron chi connectivity index (χ2n) is 7.35. The average Bonchev–Trinajstić information content (AvgIpc) is 3.38. The van der Waals surface area contributed by atoms with Crippen LogP contribution in [-0.4, -0.2) is 43.1 Å². The number of aryl methyl sites for hydroxylation is 1. The van der Waals surface area contributed by atoms with Crippen LogP contribution in [0.25, 0.3) is 5.69 Å². The van der Waals surface area contributed by atoms with Crippen LogP contribution in [0.1, 0.15) is 24.2 Å². The third kappa shape index (κ3) is 4.08. The molecule has 4 rings (SSSR count). The summed E-state index contributed by atoms with van der Waals surface area (Å²) in [5.41, 5.74) is 2.12. The molecule has 1 aliphatic heterocycles. The molecule has 0 spiro atoms. The van der Waals surface area contributed by atoms with Gasteiger partial charge in [-0.3, -0.25) is 0 Å². The van der Waals surface area contributed by atoms with Gasteiger partial charge in [-0.15, -0.1) is 0 Å². The highest BCUT2D eigenvalue weighted by molar-refractivity contribution is 5.74. The van der Waals surface area contributed by atoms with Crippen LogP contribution in [0, 0.1) is 12.8 Å². The first-order valence-corrected chi connectivity index (χ1v) is 9.77. The van der Waals surface area contributed by atoms with Gasteiger partial charge >= 0.3 is 6.03 Å². The molecule has 3 aromatic rings. The van der Waals surface area contributed by atoms with E-state index in [4.69, 9.17) is 0 Å². The van der Waals surface area contributed by atoms with Crippen LogP contribution >= 0.6 is 0 Å². The molecular weight excluding hydrogens is 352 g/mol. The maximum atomic E-state index is 12.8. The number of urea groups is 1. The number of para-hydroxylation sites is 1. The van der Waals surface area contributed by atoms with Crippen molar-refractivity contribution in [3.63, 3.8) is 0 Å². The second-order valence-corrected chi connectivity index (χ2v) is 7.35. The summed E-state index contributed by atoms with van der Waals surface area (Å²) in [6.45, 7) is 4.98. The Bertz CT molecular complexity index is 917. The molecule has 28 heavy (non-hydrogen) atoms. The minimum Gasteiger partial charge on any atom is -0.337 e. The summed E-state index contributed by atoms with van der Waals surface area (Å²) in [5.74, 6) is 1.40. The summed E-state index contributed by atoms with van der Waals surface area (Å²) in [4.78, 5) is 23.1.